The Morgan fingerprint density at radius 1 is 1.27 bits per heavy atom. The van der Waals surface area contributed by atoms with Gasteiger partial charge in [-0.15, -0.1) is 11.3 Å². The third-order valence-corrected chi connectivity index (χ3v) is 5.37. The number of fused-ring (bicyclic) bond motifs is 1. The number of hydrogen-bond donors (Lipinski definition) is 0. The first kappa shape index (κ1) is 15.5. The Kier molecular flexibility index (Phi) is 4.78. The lowest BCUT2D eigenvalue weighted by atomic mass is 9.99. The van der Waals surface area contributed by atoms with E-state index in [4.69, 9.17) is 9.47 Å². The first-order valence-corrected chi connectivity index (χ1v) is 8.66. The molecule has 2 aliphatic rings. The Bertz CT molecular complexity index is 539. The topological polar surface area (TPSA) is 55.8 Å². The molecule has 1 unspecified atom stereocenters. The summed E-state index contributed by atoms with van der Waals surface area (Å²) in [6.45, 7) is 3.86. The molecule has 0 saturated carbocycles. The molecule has 5 nitrogen and oxygen atoms in total. The Balaban J connectivity index is 1.60. The number of hydrogen-bond acceptors (Lipinski definition) is 5. The van der Waals surface area contributed by atoms with E-state index in [0.717, 1.165) is 12.8 Å². The summed E-state index contributed by atoms with van der Waals surface area (Å²) in [5, 5.41) is 0. The van der Waals surface area contributed by atoms with Gasteiger partial charge in [-0.25, -0.2) is 4.79 Å². The van der Waals surface area contributed by atoms with Gasteiger partial charge in [0, 0.05) is 18.0 Å². The van der Waals surface area contributed by atoms with Gasteiger partial charge >= 0.3 is 5.97 Å². The maximum Gasteiger partial charge on any atom is 0.349 e. The molecular weight excluding hydrogens is 302 g/mol. The lowest BCUT2D eigenvalue weighted by Gasteiger charge is -2.28. The van der Waals surface area contributed by atoms with E-state index in [-0.39, 0.29) is 11.9 Å². The number of esters is 1. The van der Waals surface area contributed by atoms with E-state index in [2.05, 4.69) is 0 Å². The van der Waals surface area contributed by atoms with Crippen LogP contribution in [0, 0.1) is 0 Å². The van der Waals surface area contributed by atoms with E-state index in [9.17, 15) is 9.59 Å². The van der Waals surface area contributed by atoms with Crippen molar-refractivity contribution in [1.29, 1.82) is 0 Å². The highest BCUT2D eigenvalue weighted by molar-refractivity contribution is 7.14. The summed E-state index contributed by atoms with van der Waals surface area (Å²) in [5.74, 6) is -0.522. The van der Waals surface area contributed by atoms with E-state index >= 15 is 0 Å². The third kappa shape index (κ3) is 3.33. The minimum absolute atomic E-state index is 0.141. The van der Waals surface area contributed by atoms with Crippen molar-refractivity contribution in [2.75, 3.05) is 26.3 Å². The van der Waals surface area contributed by atoms with Crippen molar-refractivity contribution in [3.8, 4) is 0 Å². The van der Waals surface area contributed by atoms with Gasteiger partial charge in [0.1, 0.15) is 4.88 Å². The van der Waals surface area contributed by atoms with Crippen molar-refractivity contribution < 1.29 is 19.1 Å². The van der Waals surface area contributed by atoms with E-state index in [1.165, 1.54) is 34.6 Å². The summed E-state index contributed by atoms with van der Waals surface area (Å²) >= 11 is 1.51. The Morgan fingerprint density at radius 2 is 2.00 bits per heavy atom. The van der Waals surface area contributed by atoms with Gasteiger partial charge in [-0.1, -0.05) is 0 Å². The van der Waals surface area contributed by atoms with Gasteiger partial charge in [0.05, 0.1) is 13.2 Å². The average Bonchev–Trinajstić information content (AvgIpc) is 2.99. The maximum atomic E-state index is 12.3. The summed E-state index contributed by atoms with van der Waals surface area (Å²) in [6, 6.07) is 1.94. The smallest absolute Gasteiger partial charge is 0.349 e. The van der Waals surface area contributed by atoms with E-state index < -0.39 is 6.10 Å². The summed E-state index contributed by atoms with van der Waals surface area (Å²) in [7, 11) is 0. The minimum atomic E-state index is -0.746. The zero-order valence-corrected chi connectivity index (χ0v) is 13.6. The van der Waals surface area contributed by atoms with Crippen LogP contribution in [0.4, 0.5) is 0 Å². The number of aryl methyl sites for hydroxylation is 2. The van der Waals surface area contributed by atoms with E-state index in [0.29, 0.717) is 31.2 Å². The van der Waals surface area contributed by atoms with Crippen molar-refractivity contribution in [1.82, 2.24) is 4.90 Å². The minimum Gasteiger partial charge on any atom is -0.448 e. The lowest BCUT2D eigenvalue weighted by Crippen LogP contribution is -2.46. The molecule has 3 rings (SSSR count). The largest absolute Gasteiger partial charge is 0.448 e. The normalized spacial score (nSPS) is 19.4. The first-order valence-electron chi connectivity index (χ1n) is 7.84. The molecule has 0 N–H and O–H groups in total. The molecule has 1 aliphatic carbocycles. The van der Waals surface area contributed by atoms with Crippen LogP contribution in [0.3, 0.4) is 0 Å². The molecular formula is C16H21NO4S. The number of morpholine rings is 1. The van der Waals surface area contributed by atoms with Crippen molar-refractivity contribution in [3.05, 3.63) is 21.4 Å². The second kappa shape index (κ2) is 6.79. The maximum absolute atomic E-state index is 12.3. The Labute approximate surface area is 134 Å². The van der Waals surface area contributed by atoms with E-state index in [1.807, 2.05) is 6.07 Å². The standard InChI is InChI=1S/C16H21NO4S/c1-11(15(18)17-6-8-20-9-7-17)21-16(19)14-10-12-4-2-3-5-13(12)22-14/h10-11H,2-9H2,1H3. The Morgan fingerprint density at radius 3 is 2.73 bits per heavy atom. The fourth-order valence-electron chi connectivity index (χ4n) is 2.90. The molecule has 0 aromatic carbocycles. The monoisotopic (exact) mass is 323 g/mol. The van der Waals surface area contributed by atoms with Gasteiger partial charge in [-0.2, -0.15) is 0 Å². The van der Waals surface area contributed by atoms with Gasteiger partial charge in [0.15, 0.2) is 6.10 Å². The number of rotatable bonds is 3. The molecule has 120 valence electrons. The van der Waals surface area contributed by atoms with Crippen LogP contribution in [0.1, 0.15) is 39.9 Å². The van der Waals surface area contributed by atoms with Crippen LogP contribution in [0.2, 0.25) is 0 Å². The fourth-order valence-corrected chi connectivity index (χ4v) is 4.04. The van der Waals surface area contributed by atoms with Crippen LogP contribution in [-0.4, -0.2) is 49.2 Å². The molecule has 1 aromatic rings. The number of thiophene rings is 1. The van der Waals surface area contributed by atoms with Crippen LogP contribution in [0.5, 0.6) is 0 Å². The van der Waals surface area contributed by atoms with Crippen LogP contribution >= 0.6 is 11.3 Å². The molecule has 1 aliphatic heterocycles. The Hall–Kier alpha value is -1.40. The number of ether oxygens (including phenoxy) is 2. The average molecular weight is 323 g/mol. The van der Waals surface area contributed by atoms with Crippen LogP contribution in [-0.2, 0) is 27.1 Å². The third-order valence-electron chi connectivity index (χ3n) is 4.15. The van der Waals surface area contributed by atoms with Crippen LogP contribution in [0.25, 0.3) is 0 Å². The van der Waals surface area contributed by atoms with Crippen LogP contribution < -0.4 is 0 Å². The predicted octanol–water partition coefficient (Wildman–Crippen LogP) is 2.03. The second-order valence-corrected chi connectivity index (χ2v) is 6.89. The quantitative estimate of drug-likeness (QED) is 0.799. The summed E-state index contributed by atoms with van der Waals surface area (Å²) in [4.78, 5) is 28.1. The molecule has 6 heteroatoms. The zero-order chi connectivity index (χ0) is 15.5. The second-order valence-electron chi connectivity index (χ2n) is 5.75. The van der Waals surface area contributed by atoms with Gasteiger partial charge in [0.2, 0.25) is 0 Å². The van der Waals surface area contributed by atoms with Gasteiger partial charge in [0.25, 0.3) is 5.91 Å². The highest BCUT2D eigenvalue weighted by Gasteiger charge is 2.27. The predicted molar refractivity (Wildman–Crippen MR) is 83.2 cm³/mol. The fraction of sp³-hybridized carbons (Fsp3) is 0.625. The van der Waals surface area contributed by atoms with Crippen molar-refractivity contribution >= 4 is 23.2 Å². The number of carbonyl (C=O) groups excluding carboxylic acids is 2. The molecule has 1 aromatic heterocycles. The number of amides is 1. The van der Waals surface area contributed by atoms with Crippen molar-refractivity contribution in [2.24, 2.45) is 0 Å². The van der Waals surface area contributed by atoms with Crippen molar-refractivity contribution in [2.45, 2.75) is 38.7 Å². The molecule has 22 heavy (non-hydrogen) atoms. The summed E-state index contributed by atoms with van der Waals surface area (Å²) < 4.78 is 10.6. The summed E-state index contributed by atoms with van der Waals surface area (Å²) in [6.07, 6.45) is 3.72. The van der Waals surface area contributed by atoms with Gasteiger partial charge in [-0.05, 0) is 44.2 Å². The lowest BCUT2D eigenvalue weighted by molar-refractivity contribution is -0.143. The molecule has 1 fully saturated rings. The van der Waals surface area contributed by atoms with Crippen LogP contribution in [0.15, 0.2) is 6.07 Å². The molecule has 1 atom stereocenters. The molecule has 0 bridgehead atoms. The highest BCUT2D eigenvalue weighted by Crippen LogP contribution is 2.30. The molecule has 2 heterocycles. The van der Waals surface area contributed by atoms with E-state index in [1.54, 1.807) is 11.8 Å². The highest BCUT2D eigenvalue weighted by atomic mass is 32.1. The zero-order valence-electron chi connectivity index (χ0n) is 12.8. The number of carbonyl (C=O) groups is 2. The molecule has 0 radical (unpaired) electrons. The molecule has 0 spiro atoms. The van der Waals surface area contributed by atoms with Gasteiger partial charge in [-0.3, -0.25) is 4.79 Å². The first-order chi connectivity index (χ1) is 10.6. The molecule has 1 amide bonds. The molecule has 1 saturated heterocycles. The van der Waals surface area contributed by atoms with Crippen molar-refractivity contribution in [3.63, 3.8) is 0 Å². The summed E-state index contributed by atoms with van der Waals surface area (Å²) in [5.41, 5.74) is 1.27. The SMILES string of the molecule is CC(OC(=O)c1cc2c(s1)CCCC2)C(=O)N1CCOCC1. The number of nitrogens with zero attached hydrogens (tertiary/aromatic N) is 1. The van der Waals surface area contributed by atoms with Gasteiger partial charge < -0.3 is 14.4 Å².